The zero-order valence-electron chi connectivity index (χ0n) is 12.1. The van der Waals surface area contributed by atoms with Crippen LogP contribution in [0.5, 0.6) is 0 Å². The van der Waals surface area contributed by atoms with Gasteiger partial charge in [-0.1, -0.05) is 0 Å². The van der Waals surface area contributed by atoms with Crippen LogP contribution >= 0.6 is 0 Å². The Labute approximate surface area is 123 Å². The van der Waals surface area contributed by atoms with Crippen molar-refractivity contribution in [1.82, 2.24) is 4.72 Å². The number of nitrogens with zero attached hydrogens (tertiary/aromatic N) is 1. The van der Waals surface area contributed by atoms with E-state index in [1.165, 1.54) is 19.2 Å². The molecule has 1 unspecified atom stereocenters. The predicted molar refractivity (Wildman–Crippen MR) is 78.9 cm³/mol. The highest BCUT2D eigenvalue weighted by Gasteiger charge is 2.22. The summed E-state index contributed by atoms with van der Waals surface area (Å²) >= 11 is 0. The van der Waals surface area contributed by atoms with E-state index >= 15 is 0 Å². The molecule has 21 heavy (non-hydrogen) atoms. The molecule has 9 heteroatoms. The molecule has 2 N–H and O–H groups in total. The number of nitro groups is 1. The molecule has 1 rings (SSSR count). The zero-order chi connectivity index (χ0) is 16.0. The summed E-state index contributed by atoms with van der Waals surface area (Å²) in [5.41, 5.74) is 0.0393. The fourth-order valence-electron chi connectivity index (χ4n) is 1.57. The molecule has 8 nitrogen and oxygen atoms in total. The molecule has 118 valence electrons. The average molecular weight is 317 g/mol. The average Bonchev–Trinajstić information content (AvgIpc) is 2.45. The van der Waals surface area contributed by atoms with E-state index in [1.54, 1.807) is 13.8 Å². The Balaban J connectivity index is 3.17. The second kappa shape index (κ2) is 7.34. The zero-order valence-corrected chi connectivity index (χ0v) is 12.9. The normalized spacial score (nSPS) is 12.9. The van der Waals surface area contributed by atoms with Crippen LogP contribution in [0.4, 0.5) is 11.4 Å². The number of non-ortho nitro benzene ring substituents is 1. The first-order valence-electron chi connectivity index (χ1n) is 6.36. The Morgan fingerprint density at radius 2 is 2.10 bits per heavy atom. The maximum Gasteiger partial charge on any atom is 0.270 e. The largest absolute Gasteiger partial charge is 0.384 e. The number of benzene rings is 1. The third kappa shape index (κ3) is 4.66. The number of anilines is 1. The molecule has 1 aromatic carbocycles. The van der Waals surface area contributed by atoms with Crippen LogP contribution in [0.2, 0.25) is 0 Å². The van der Waals surface area contributed by atoms with Gasteiger partial charge in [-0.05, 0) is 19.9 Å². The summed E-state index contributed by atoms with van der Waals surface area (Å²) in [6.45, 7) is 4.08. The maximum atomic E-state index is 12.3. The fourth-order valence-corrected chi connectivity index (χ4v) is 2.89. The molecule has 0 aliphatic heterocycles. The van der Waals surface area contributed by atoms with E-state index in [1.807, 2.05) is 0 Å². The van der Waals surface area contributed by atoms with Gasteiger partial charge < -0.3 is 10.1 Å². The molecule has 1 aromatic rings. The Hall–Kier alpha value is -1.71. The topological polar surface area (TPSA) is 111 Å². The lowest BCUT2D eigenvalue weighted by Gasteiger charge is -2.14. The number of sulfonamides is 1. The molecule has 0 saturated heterocycles. The summed E-state index contributed by atoms with van der Waals surface area (Å²) in [5.74, 6) is 0. The molecular formula is C12H19N3O5S. The highest BCUT2D eigenvalue weighted by Crippen LogP contribution is 2.26. The summed E-state index contributed by atoms with van der Waals surface area (Å²) in [4.78, 5) is 10.0. The number of rotatable bonds is 8. The van der Waals surface area contributed by atoms with Crippen LogP contribution in [-0.4, -0.2) is 39.6 Å². The van der Waals surface area contributed by atoms with Crippen LogP contribution < -0.4 is 10.0 Å². The van der Waals surface area contributed by atoms with Crippen molar-refractivity contribution in [2.75, 3.05) is 25.5 Å². The molecule has 0 bridgehead atoms. The van der Waals surface area contributed by atoms with Gasteiger partial charge in [-0.3, -0.25) is 10.1 Å². The summed E-state index contributed by atoms with van der Waals surface area (Å²) in [5, 5.41) is 13.7. The molecule has 0 aliphatic carbocycles. The van der Waals surface area contributed by atoms with E-state index in [0.717, 1.165) is 6.07 Å². The lowest BCUT2D eigenvalue weighted by molar-refractivity contribution is -0.385. The second-order valence-corrected chi connectivity index (χ2v) is 6.10. The van der Waals surface area contributed by atoms with E-state index in [-0.39, 0.29) is 23.2 Å². The Kier molecular flexibility index (Phi) is 6.06. The number of nitro benzene ring substituents is 1. The van der Waals surface area contributed by atoms with Gasteiger partial charge in [0.25, 0.3) is 5.69 Å². The fraction of sp³-hybridized carbons (Fsp3) is 0.500. The van der Waals surface area contributed by atoms with Gasteiger partial charge >= 0.3 is 0 Å². The molecule has 0 aliphatic rings. The van der Waals surface area contributed by atoms with Crippen LogP contribution in [0.1, 0.15) is 13.8 Å². The number of methoxy groups -OCH3 is 1. The van der Waals surface area contributed by atoms with E-state index < -0.39 is 14.9 Å². The van der Waals surface area contributed by atoms with Crippen molar-refractivity contribution in [2.45, 2.75) is 24.8 Å². The van der Waals surface area contributed by atoms with E-state index in [2.05, 4.69) is 10.0 Å². The third-order valence-electron chi connectivity index (χ3n) is 2.80. The Morgan fingerprint density at radius 1 is 1.43 bits per heavy atom. The number of hydrogen-bond donors (Lipinski definition) is 2. The lowest BCUT2D eigenvalue weighted by Crippen LogP contribution is -2.32. The van der Waals surface area contributed by atoms with Crippen LogP contribution in [-0.2, 0) is 14.8 Å². The van der Waals surface area contributed by atoms with Crippen molar-refractivity contribution in [2.24, 2.45) is 0 Å². The van der Waals surface area contributed by atoms with Gasteiger partial charge in [-0.15, -0.1) is 0 Å². The third-order valence-corrected chi connectivity index (χ3v) is 4.26. The summed E-state index contributed by atoms with van der Waals surface area (Å²) < 4.78 is 31.9. The second-order valence-electron chi connectivity index (χ2n) is 4.37. The molecule has 0 aromatic heterocycles. The van der Waals surface area contributed by atoms with Crippen LogP contribution in [0.25, 0.3) is 0 Å². The minimum Gasteiger partial charge on any atom is -0.384 e. The van der Waals surface area contributed by atoms with Gasteiger partial charge in [0.15, 0.2) is 0 Å². The standard InChI is InChI=1S/C12H19N3O5S/c1-4-13-11-6-5-10(15(16)17)7-12(11)21(18,19)14-8-9(2)20-3/h5-7,9,13-14H,4,8H2,1-3H3. The van der Waals surface area contributed by atoms with Gasteiger partial charge in [-0.2, -0.15) is 0 Å². The smallest absolute Gasteiger partial charge is 0.270 e. The van der Waals surface area contributed by atoms with E-state index in [0.29, 0.717) is 12.2 Å². The van der Waals surface area contributed by atoms with Gasteiger partial charge in [0, 0.05) is 32.3 Å². The van der Waals surface area contributed by atoms with Crippen LogP contribution in [0.3, 0.4) is 0 Å². The van der Waals surface area contributed by atoms with Crippen LogP contribution in [0, 0.1) is 10.1 Å². The van der Waals surface area contributed by atoms with Gasteiger partial charge in [0.2, 0.25) is 10.0 Å². The number of hydrogen-bond acceptors (Lipinski definition) is 6. The minimum atomic E-state index is -3.87. The van der Waals surface area contributed by atoms with Crippen molar-refractivity contribution < 1.29 is 18.1 Å². The quantitative estimate of drug-likeness (QED) is 0.553. The highest BCUT2D eigenvalue weighted by atomic mass is 32.2. The summed E-state index contributed by atoms with van der Waals surface area (Å²) in [6, 6.07) is 3.68. The SMILES string of the molecule is CCNc1ccc([N+](=O)[O-])cc1S(=O)(=O)NCC(C)OC. The van der Waals surface area contributed by atoms with Crippen molar-refractivity contribution >= 4 is 21.4 Å². The molecule has 0 fully saturated rings. The number of ether oxygens (including phenoxy) is 1. The van der Waals surface area contributed by atoms with Crippen molar-refractivity contribution in [1.29, 1.82) is 0 Å². The van der Waals surface area contributed by atoms with Crippen molar-refractivity contribution in [3.63, 3.8) is 0 Å². The molecular weight excluding hydrogens is 298 g/mol. The minimum absolute atomic E-state index is 0.0765. The van der Waals surface area contributed by atoms with E-state index in [4.69, 9.17) is 4.74 Å². The summed E-state index contributed by atoms with van der Waals surface area (Å²) in [7, 11) is -2.40. The molecule has 0 radical (unpaired) electrons. The summed E-state index contributed by atoms with van der Waals surface area (Å²) in [6.07, 6.45) is -0.305. The molecule has 0 amide bonds. The van der Waals surface area contributed by atoms with E-state index in [9.17, 15) is 18.5 Å². The van der Waals surface area contributed by atoms with Crippen LogP contribution in [0.15, 0.2) is 23.1 Å². The number of nitrogens with one attached hydrogen (secondary N) is 2. The molecule has 1 atom stereocenters. The highest BCUT2D eigenvalue weighted by molar-refractivity contribution is 7.89. The predicted octanol–water partition coefficient (Wildman–Crippen LogP) is 1.34. The molecule has 0 saturated carbocycles. The van der Waals surface area contributed by atoms with Gasteiger partial charge in [0.1, 0.15) is 4.90 Å². The van der Waals surface area contributed by atoms with Crippen molar-refractivity contribution in [3.05, 3.63) is 28.3 Å². The van der Waals surface area contributed by atoms with Gasteiger partial charge in [0.05, 0.1) is 16.7 Å². The first-order chi connectivity index (χ1) is 9.81. The Bertz CT molecular complexity index is 603. The van der Waals surface area contributed by atoms with Crippen molar-refractivity contribution in [3.8, 4) is 0 Å². The maximum absolute atomic E-state index is 12.3. The Morgan fingerprint density at radius 3 is 2.62 bits per heavy atom. The first kappa shape index (κ1) is 17.3. The molecule has 0 heterocycles. The van der Waals surface area contributed by atoms with Gasteiger partial charge in [-0.25, -0.2) is 13.1 Å². The first-order valence-corrected chi connectivity index (χ1v) is 7.85. The molecule has 0 spiro atoms. The monoisotopic (exact) mass is 317 g/mol. The lowest BCUT2D eigenvalue weighted by atomic mass is 10.3.